The molecule has 0 aromatic heterocycles. The summed E-state index contributed by atoms with van der Waals surface area (Å²) >= 11 is 2.04. The van der Waals surface area contributed by atoms with Gasteiger partial charge in [0.15, 0.2) is 0 Å². The van der Waals surface area contributed by atoms with E-state index in [1.807, 2.05) is 77.2 Å². The Kier molecular flexibility index (Phi) is 5.20. The molecule has 0 aliphatic rings. The van der Waals surface area contributed by atoms with Crippen LogP contribution in [0.25, 0.3) is 0 Å². The first kappa shape index (κ1) is 13.9. The second kappa shape index (κ2) is 7.13. The Balaban J connectivity index is 1.93. The molecule has 2 rings (SSSR count). The summed E-state index contributed by atoms with van der Waals surface area (Å²) in [7, 11) is 0. The normalized spacial score (nSPS) is 9.95. The summed E-state index contributed by atoms with van der Waals surface area (Å²) < 4.78 is 6.17. The number of halogens is 1. The zero-order valence-corrected chi connectivity index (χ0v) is 12.5. The highest BCUT2D eigenvalue weighted by molar-refractivity contribution is 14.1. The van der Waals surface area contributed by atoms with Crippen LogP contribution in [0.5, 0.6) is 11.5 Å². The molecule has 3 nitrogen and oxygen atoms in total. The van der Waals surface area contributed by atoms with Crippen molar-refractivity contribution >= 4 is 28.5 Å². The minimum Gasteiger partial charge on any atom is -0.457 e. The van der Waals surface area contributed by atoms with Crippen LogP contribution in [-0.4, -0.2) is 10.3 Å². The summed E-state index contributed by atoms with van der Waals surface area (Å²) in [5.41, 5.74) is 1.05. The maximum absolute atomic E-state index is 11.1. The summed E-state index contributed by atoms with van der Waals surface area (Å²) in [4.78, 5) is 11.1. The molecule has 0 unspecified atom stereocenters. The molecule has 0 radical (unpaired) electrons. The van der Waals surface area contributed by atoms with Crippen LogP contribution in [0.1, 0.15) is 5.56 Å². The predicted octanol–water partition coefficient (Wildman–Crippen LogP) is 3.53. The molecule has 0 saturated carbocycles. The number of hydrogen-bond acceptors (Lipinski definition) is 2. The summed E-state index contributed by atoms with van der Waals surface area (Å²) in [5, 5.41) is 2.83. The van der Waals surface area contributed by atoms with Crippen molar-refractivity contribution in [1.29, 1.82) is 0 Å². The molecule has 2 aromatic rings. The first-order chi connectivity index (χ1) is 9.28. The number of carbonyl (C=O) groups is 1. The highest BCUT2D eigenvalue weighted by Crippen LogP contribution is 2.20. The molecular weight excluding hydrogens is 353 g/mol. The molecule has 0 heterocycles. The van der Waals surface area contributed by atoms with Crippen molar-refractivity contribution < 1.29 is 9.53 Å². The van der Waals surface area contributed by atoms with Crippen LogP contribution in [0.3, 0.4) is 0 Å². The van der Waals surface area contributed by atoms with E-state index in [0.29, 0.717) is 11.0 Å². The van der Waals surface area contributed by atoms with Crippen molar-refractivity contribution in [2.75, 3.05) is 4.43 Å². The monoisotopic (exact) mass is 367 g/mol. The van der Waals surface area contributed by atoms with Crippen LogP contribution >= 0.6 is 22.6 Å². The van der Waals surface area contributed by atoms with E-state index in [4.69, 9.17) is 4.74 Å². The van der Waals surface area contributed by atoms with Crippen molar-refractivity contribution in [2.45, 2.75) is 6.54 Å². The van der Waals surface area contributed by atoms with Gasteiger partial charge in [0.2, 0.25) is 5.91 Å². The standard InChI is InChI=1S/C15H14INO2/c16-10-15(18)17-11-12-6-8-14(9-7-12)19-13-4-2-1-3-5-13/h1-9H,10-11H2,(H,17,18). The van der Waals surface area contributed by atoms with Gasteiger partial charge in [-0.3, -0.25) is 4.79 Å². The van der Waals surface area contributed by atoms with Gasteiger partial charge in [-0.1, -0.05) is 52.9 Å². The Morgan fingerprint density at radius 1 is 1.00 bits per heavy atom. The molecule has 0 aliphatic carbocycles. The van der Waals surface area contributed by atoms with E-state index < -0.39 is 0 Å². The molecule has 4 heteroatoms. The lowest BCUT2D eigenvalue weighted by molar-refractivity contribution is -0.118. The van der Waals surface area contributed by atoms with Crippen LogP contribution in [0.15, 0.2) is 54.6 Å². The number of hydrogen-bond donors (Lipinski definition) is 1. The van der Waals surface area contributed by atoms with Gasteiger partial charge in [-0.05, 0) is 29.8 Å². The molecule has 0 saturated heterocycles. The van der Waals surface area contributed by atoms with Crippen molar-refractivity contribution in [3.63, 3.8) is 0 Å². The van der Waals surface area contributed by atoms with E-state index in [2.05, 4.69) is 5.32 Å². The van der Waals surface area contributed by atoms with Gasteiger partial charge in [-0.2, -0.15) is 0 Å². The SMILES string of the molecule is O=C(CI)NCc1ccc(Oc2ccccc2)cc1. The van der Waals surface area contributed by atoms with Gasteiger partial charge in [0.05, 0.1) is 4.43 Å². The molecular formula is C15H14INO2. The number of amides is 1. The average Bonchev–Trinajstić information content (AvgIpc) is 2.47. The fraction of sp³-hybridized carbons (Fsp3) is 0.133. The van der Waals surface area contributed by atoms with Crippen LogP contribution in [0.4, 0.5) is 0 Å². The number of para-hydroxylation sites is 1. The molecule has 0 bridgehead atoms. The summed E-state index contributed by atoms with van der Waals surface area (Å²) in [6.07, 6.45) is 0. The Labute approximate surface area is 126 Å². The first-order valence-corrected chi connectivity index (χ1v) is 7.45. The largest absolute Gasteiger partial charge is 0.457 e. The lowest BCUT2D eigenvalue weighted by Crippen LogP contribution is -2.23. The van der Waals surface area contributed by atoms with Gasteiger partial charge in [0.25, 0.3) is 0 Å². The third-order valence-electron chi connectivity index (χ3n) is 2.51. The number of rotatable bonds is 5. The molecule has 2 aromatic carbocycles. The minimum absolute atomic E-state index is 0.0465. The van der Waals surface area contributed by atoms with Crippen LogP contribution in [0, 0.1) is 0 Å². The Hall–Kier alpha value is -1.56. The predicted molar refractivity (Wildman–Crippen MR) is 83.7 cm³/mol. The van der Waals surface area contributed by atoms with E-state index >= 15 is 0 Å². The van der Waals surface area contributed by atoms with E-state index in [-0.39, 0.29) is 5.91 Å². The van der Waals surface area contributed by atoms with Gasteiger partial charge in [-0.25, -0.2) is 0 Å². The number of carbonyl (C=O) groups excluding carboxylic acids is 1. The van der Waals surface area contributed by atoms with Crippen molar-refractivity contribution in [3.8, 4) is 11.5 Å². The summed E-state index contributed by atoms with van der Waals surface area (Å²) in [6.45, 7) is 0.549. The van der Waals surface area contributed by atoms with Crippen molar-refractivity contribution in [1.82, 2.24) is 5.32 Å². The molecule has 0 spiro atoms. The average molecular weight is 367 g/mol. The Morgan fingerprint density at radius 2 is 1.63 bits per heavy atom. The lowest BCUT2D eigenvalue weighted by Gasteiger charge is -2.07. The topological polar surface area (TPSA) is 38.3 Å². The first-order valence-electron chi connectivity index (χ1n) is 5.92. The number of benzene rings is 2. The third kappa shape index (κ3) is 4.55. The molecule has 0 atom stereocenters. The van der Waals surface area contributed by atoms with E-state index in [9.17, 15) is 4.79 Å². The van der Waals surface area contributed by atoms with E-state index in [0.717, 1.165) is 17.1 Å². The zero-order chi connectivity index (χ0) is 13.5. The molecule has 1 amide bonds. The van der Waals surface area contributed by atoms with Gasteiger partial charge >= 0.3 is 0 Å². The molecule has 0 fully saturated rings. The molecule has 1 N–H and O–H groups in total. The highest BCUT2D eigenvalue weighted by Gasteiger charge is 2.00. The highest BCUT2D eigenvalue weighted by atomic mass is 127. The molecule has 19 heavy (non-hydrogen) atoms. The van der Waals surface area contributed by atoms with Crippen LogP contribution < -0.4 is 10.1 Å². The maximum atomic E-state index is 11.1. The van der Waals surface area contributed by atoms with Crippen LogP contribution in [-0.2, 0) is 11.3 Å². The maximum Gasteiger partial charge on any atom is 0.230 e. The Morgan fingerprint density at radius 3 is 2.26 bits per heavy atom. The minimum atomic E-state index is 0.0465. The van der Waals surface area contributed by atoms with Crippen LogP contribution in [0.2, 0.25) is 0 Å². The van der Waals surface area contributed by atoms with E-state index in [1.54, 1.807) is 0 Å². The number of nitrogens with one attached hydrogen (secondary N) is 1. The van der Waals surface area contributed by atoms with Gasteiger partial charge < -0.3 is 10.1 Å². The lowest BCUT2D eigenvalue weighted by atomic mass is 10.2. The fourth-order valence-corrected chi connectivity index (χ4v) is 1.82. The summed E-state index contributed by atoms with van der Waals surface area (Å²) in [6, 6.07) is 17.3. The molecule has 0 aliphatic heterocycles. The van der Waals surface area contributed by atoms with Gasteiger partial charge in [0, 0.05) is 6.54 Å². The second-order valence-corrected chi connectivity index (χ2v) is 4.73. The molecule has 98 valence electrons. The smallest absolute Gasteiger partial charge is 0.230 e. The number of alkyl halides is 1. The quantitative estimate of drug-likeness (QED) is 0.649. The zero-order valence-electron chi connectivity index (χ0n) is 10.3. The van der Waals surface area contributed by atoms with Crippen molar-refractivity contribution in [2.24, 2.45) is 0 Å². The Bertz CT molecular complexity index is 526. The third-order valence-corrected chi connectivity index (χ3v) is 3.21. The number of ether oxygens (including phenoxy) is 1. The summed E-state index contributed by atoms with van der Waals surface area (Å²) in [5.74, 6) is 1.65. The van der Waals surface area contributed by atoms with Crippen molar-refractivity contribution in [3.05, 3.63) is 60.2 Å². The van der Waals surface area contributed by atoms with Gasteiger partial charge in [0.1, 0.15) is 11.5 Å². The van der Waals surface area contributed by atoms with Gasteiger partial charge in [-0.15, -0.1) is 0 Å². The fourth-order valence-electron chi connectivity index (χ4n) is 1.55. The second-order valence-electron chi connectivity index (χ2n) is 3.97. The van der Waals surface area contributed by atoms with E-state index in [1.165, 1.54) is 0 Å².